The number of unbranched alkanes of at least 4 members (excludes halogenated alkanes) is 1. The first-order valence-corrected chi connectivity index (χ1v) is 12.3. The fraction of sp³-hybridized carbons (Fsp3) is 0.520. The Hall–Kier alpha value is -2.14. The standard InChI is InChI=1S/C25H32N2O2S/c1-2-3-15-26(25(29)20-11-7-8-12-20)18-23(28)27-16-13-22-21(14-17-30-22)24(27)19-9-5-4-6-10-19/h4-6,9-10,14,17,20,24H,2-3,7-8,11-13,15-16,18H2,1H3. The van der Waals surface area contributed by atoms with Crippen molar-refractivity contribution in [2.45, 2.75) is 57.9 Å². The Morgan fingerprint density at radius 2 is 1.90 bits per heavy atom. The number of amides is 2. The Balaban J connectivity index is 1.56. The molecule has 1 aliphatic heterocycles. The van der Waals surface area contributed by atoms with Crippen LogP contribution >= 0.6 is 11.3 Å². The summed E-state index contributed by atoms with van der Waals surface area (Å²) in [4.78, 5) is 31.9. The van der Waals surface area contributed by atoms with Crippen molar-refractivity contribution in [2.24, 2.45) is 5.92 Å². The second-order valence-corrected chi connectivity index (χ2v) is 9.54. The third-order valence-corrected chi connectivity index (χ3v) is 7.52. The molecule has 0 saturated heterocycles. The van der Waals surface area contributed by atoms with Crippen molar-refractivity contribution in [2.75, 3.05) is 19.6 Å². The predicted molar refractivity (Wildman–Crippen MR) is 121 cm³/mol. The molecule has 0 N–H and O–H groups in total. The maximum Gasteiger partial charge on any atom is 0.242 e. The number of fused-ring (bicyclic) bond motifs is 1. The Kier molecular flexibility index (Phi) is 6.88. The normalized spacial score (nSPS) is 19.0. The highest BCUT2D eigenvalue weighted by Gasteiger charge is 2.35. The fourth-order valence-electron chi connectivity index (χ4n) is 4.88. The van der Waals surface area contributed by atoms with E-state index < -0.39 is 0 Å². The van der Waals surface area contributed by atoms with Crippen LogP contribution in [0.25, 0.3) is 0 Å². The molecule has 2 amide bonds. The maximum absolute atomic E-state index is 13.5. The molecular weight excluding hydrogens is 392 g/mol. The number of hydrogen-bond donors (Lipinski definition) is 0. The monoisotopic (exact) mass is 424 g/mol. The van der Waals surface area contributed by atoms with Crippen molar-refractivity contribution in [3.63, 3.8) is 0 Å². The molecule has 1 atom stereocenters. The van der Waals surface area contributed by atoms with Crippen LogP contribution in [0.3, 0.4) is 0 Å². The first-order valence-electron chi connectivity index (χ1n) is 11.4. The van der Waals surface area contributed by atoms with E-state index >= 15 is 0 Å². The van der Waals surface area contributed by atoms with Crippen LogP contribution < -0.4 is 0 Å². The molecule has 1 unspecified atom stereocenters. The number of rotatable bonds is 7. The van der Waals surface area contributed by atoms with E-state index in [2.05, 4.69) is 30.5 Å². The molecule has 1 aliphatic carbocycles. The summed E-state index contributed by atoms with van der Waals surface area (Å²) in [5.74, 6) is 0.381. The zero-order chi connectivity index (χ0) is 20.9. The molecule has 2 aromatic rings. The molecule has 0 spiro atoms. The van der Waals surface area contributed by atoms with Crippen molar-refractivity contribution >= 4 is 23.2 Å². The van der Waals surface area contributed by atoms with Crippen molar-refractivity contribution < 1.29 is 9.59 Å². The number of carbonyl (C=O) groups excluding carboxylic acids is 2. The van der Waals surface area contributed by atoms with E-state index in [1.165, 1.54) is 10.4 Å². The molecule has 1 aromatic carbocycles. The molecule has 30 heavy (non-hydrogen) atoms. The Morgan fingerprint density at radius 1 is 1.13 bits per heavy atom. The molecule has 4 rings (SSSR count). The number of thiophene rings is 1. The summed E-state index contributed by atoms with van der Waals surface area (Å²) in [7, 11) is 0. The first kappa shape index (κ1) is 21.1. The lowest BCUT2D eigenvalue weighted by Gasteiger charge is -2.38. The molecule has 1 saturated carbocycles. The van der Waals surface area contributed by atoms with Gasteiger partial charge < -0.3 is 9.80 Å². The van der Waals surface area contributed by atoms with Crippen molar-refractivity contribution in [3.05, 3.63) is 57.8 Å². The smallest absolute Gasteiger partial charge is 0.242 e. The summed E-state index contributed by atoms with van der Waals surface area (Å²) in [5.41, 5.74) is 2.39. The minimum atomic E-state index is -0.0525. The van der Waals surface area contributed by atoms with Crippen LogP contribution in [0.15, 0.2) is 41.8 Å². The van der Waals surface area contributed by atoms with Gasteiger partial charge in [0.1, 0.15) is 0 Å². The average molecular weight is 425 g/mol. The summed E-state index contributed by atoms with van der Waals surface area (Å²) in [6.45, 7) is 3.74. The van der Waals surface area contributed by atoms with E-state index in [-0.39, 0.29) is 30.3 Å². The van der Waals surface area contributed by atoms with E-state index in [1.54, 1.807) is 11.3 Å². The van der Waals surface area contributed by atoms with Gasteiger partial charge in [0.15, 0.2) is 0 Å². The van der Waals surface area contributed by atoms with Gasteiger partial charge in [0.25, 0.3) is 0 Å². The molecule has 1 fully saturated rings. The lowest BCUT2D eigenvalue weighted by Crippen LogP contribution is -2.48. The molecule has 0 radical (unpaired) electrons. The van der Waals surface area contributed by atoms with Crippen LogP contribution in [0.4, 0.5) is 0 Å². The summed E-state index contributed by atoms with van der Waals surface area (Å²) in [6, 6.07) is 12.4. The fourth-order valence-corrected chi connectivity index (χ4v) is 5.78. The summed E-state index contributed by atoms with van der Waals surface area (Å²) >= 11 is 1.78. The van der Waals surface area contributed by atoms with Crippen LogP contribution in [-0.4, -0.2) is 41.2 Å². The van der Waals surface area contributed by atoms with E-state index in [0.29, 0.717) is 13.1 Å². The molecule has 1 aromatic heterocycles. The van der Waals surface area contributed by atoms with Gasteiger partial charge in [0.05, 0.1) is 12.6 Å². The predicted octanol–water partition coefficient (Wildman–Crippen LogP) is 5.04. The average Bonchev–Trinajstić information content (AvgIpc) is 3.48. The van der Waals surface area contributed by atoms with Gasteiger partial charge in [-0.05, 0) is 48.3 Å². The molecule has 0 bridgehead atoms. The zero-order valence-electron chi connectivity index (χ0n) is 17.9. The topological polar surface area (TPSA) is 40.6 Å². The van der Waals surface area contributed by atoms with Gasteiger partial charge in [0.2, 0.25) is 11.8 Å². The molecule has 5 heteroatoms. The highest BCUT2D eigenvalue weighted by atomic mass is 32.1. The van der Waals surface area contributed by atoms with Gasteiger partial charge in [-0.1, -0.05) is 56.5 Å². The summed E-state index contributed by atoms with van der Waals surface area (Å²) in [5, 5.41) is 2.13. The van der Waals surface area contributed by atoms with Crippen molar-refractivity contribution in [1.29, 1.82) is 0 Å². The Labute approximate surface area is 183 Å². The van der Waals surface area contributed by atoms with Gasteiger partial charge in [-0.2, -0.15) is 0 Å². The minimum absolute atomic E-state index is 0.0525. The molecule has 4 nitrogen and oxygen atoms in total. The zero-order valence-corrected chi connectivity index (χ0v) is 18.7. The summed E-state index contributed by atoms with van der Waals surface area (Å²) < 4.78 is 0. The number of carbonyl (C=O) groups is 2. The van der Waals surface area contributed by atoms with Gasteiger partial charge in [-0.3, -0.25) is 9.59 Å². The van der Waals surface area contributed by atoms with Gasteiger partial charge >= 0.3 is 0 Å². The highest BCUT2D eigenvalue weighted by Crippen LogP contribution is 2.38. The molecule has 2 aliphatic rings. The minimum Gasteiger partial charge on any atom is -0.333 e. The second kappa shape index (κ2) is 9.78. The van der Waals surface area contributed by atoms with Crippen LogP contribution in [0, 0.1) is 5.92 Å². The highest BCUT2D eigenvalue weighted by molar-refractivity contribution is 7.10. The lowest BCUT2D eigenvalue weighted by molar-refractivity contribution is -0.144. The van der Waals surface area contributed by atoms with Crippen LogP contribution in [-0.2, 0) is 16.0 Å². The summed E-state index contributed by atoms with van der Waals surface area (Å²) in [6.07, 6.45) is 7.09. The third-order valence-electron chi connectivity index (χ3n) is 6.53. The first-order chi connectivity index (χ1) is 14.7. The quantitative estimate of drug-likeness (QED) is 0.625. The Bertz CT molecular complexity index is 857. The molecular formula is C25H32N2O2S. The van der Waals surface area contributed by atoms with Crippen LogP contribution in [0.1, 0.15) is 67.5 Å². The number of hydrogen-bond acceptors (Lipinski definition) is 3. The SMILES string of the molecule is CCCCN(CC(=O)N1CCc2sccc2C1c1ccccc1)C(=O)C1CCCC1. The maximum atomic E-state index is 13.5. The Morgan fingerprint density at radius 3 is 2.63 bits per heavy atom. The van der Waals surface area contributed by atoms with Crippen molar-refractivity contribution in [1.82, 2.24) is 9.80 Å². The van der Waals surface area contributed by atoms with E-state index in [1.807, 2.05) is 28.0 Å². The van der Waals surface area contributed by atoms with E-state index in [4.69, 9.17) is 0 Å². The molecule has 160 valence electrons. The van der Waals surface area contributed by atoms with E-state index in [0.717, 1.165) is 50.5 Å². The third kappa shape index (κ3) is 4.46. The van der Waals surface area contributed by atoms with E-state index in [9.17, 15) is 9.59 Å². The molecule has 2 heterocycles. The van der Waals surface area contributed by atoms with Crippen molar-refractivity contribution in [3.8, 4) is 0 Å². The lowest BCUT2D eigenvalue weighted by atomic mass is 9.93. The second-order valence-electron chi connectivity index (χ2n) is 8.54. The number of nitrogens with zero attached hydrogens (tertiary/aromatic N) is 2. The van der Waals surface area contributed by atoms with Gasteiger partial charge in [-0.25, -0.2) is 0 Å². The van der Waals surface area contributed by atoms with Gasteiger partial charge in [-0.15, -0.1) is 11.3 Å². The van der Waals surface area contributed by atoms with Crippen LogP contribution in [0.2, 0.25) is 0 Å². The van der Waals surface area contributed by atoms with Crippen LogP contribution in [0.5, 0.6) is 0 Å². The van der Waals surface area contributed by atoms with Gasteiger partial charge in [0, 0.05) is 23.9 Å². The largest absolute Gasteiger partial charge is 0.333 e. The number of benzene rings is 1.